The van der Waals surface area contributed by atoms with Gasteiger partial charge >= 0.3 is 5.97 Å². The van der Waals surface area contributed by atoms with Crippen molar-refractivity contribution in [1.82, 2.24) is 9.97 Å². The SMILES string of the molecule is O=C(O)CNc1nc(-c2ccc(F)cc2)cc(-c2ccc(Cl)c(F)c2)n1. The van der Waals surface area contributed by atoms with E-state index in [1.54, 1.807) is 12.1 Å². The van der Waals surface area contributed by atoms with Gasteiger partial charge in [0.15, 0.2) is 0 Å². The van der Waals surface area contributed by atoms with Crippen molar-refractivity contribution in [3.05, 3.63) is 65.2 Å². The Labute approximate surface area is 152 Å². The maximum Gasteiger partial charge on any atom is 0.322 e. The van der Waals surface area contributed by atoms with Crippen LogP contribution in [0.25, 0.3) is 22.5 Å². The van der Waals surface area contributed by atoms with Crippen LogP contribution in [0.2, 0.25) is 5.02 Å². The van der Waals surface area contributed by atoms with E-state index in [2.05, 4.69) is 15.3 Å². The van der Waals surface area contributed by atoms with Crippen molar-refractivity contribution in [1.29, 1.82) is 0 Å². The van der Waals surface area contributed by atoms with E-state index >= 15 is 0 Å². The molecule has 0 atom stereocenters. The van der Waals surface area contributed by atoms with E-state index in [0.717, 1.165) is 0 Å². The molecule has 5 nitrogen and oxygen atoms in total. The Morgan fingerprint density at radius 3 is 2.23 bits per heavy atom. The van der Waals surface area contributed by atoms with Gasteiger partial charge in [-0.2, -0.15) is 0 Å². The summed E-state index contributed by atoms with van der Waals surface area (Å²) in [5, 5.41) is 11.4. The number of carboxylic acids is 1. The number of rotatable bonds is 5. The number of carboxylic acid groups (broad SMARTS) is 1. The Morgan fingerprint density at radius 1 is 1.00 bits per heavy atom. The number of aliphatic carboxylic acids is 1. The van der Waals surface area contributed by atoms with Gasteiger partial charge in [-0.3, -0.25) is 4.79 Å². The van der Waals surface area contributed by atoms with Crippen LogP contribution in [-0.4, -0.2) is 27.6 Å². The molecule has 0 spiro atoms. The van der Waals surface area contributed by atoms with E-state index in [-0.39, 0.29) is 17.5 Å². The highest BCUT2D eigenvalue weighted by Crippen LogP contribution is 2.27. The third-order valence-electron chi connectivity index (χ3n) is 3.48. The molecule has 1 aromatic heterocycles. The number of hydrogen-bond donors (Lipinski definition) is 2. The van der Waals surface area contributed by atoms with Crippen LogP contribution in [0.3, 0.4) is 0 Å². The highest BCUT2D eigenvalue weighted by molar-refractivity contribution is 6.30. The fourth-order valence-corrected chi connectivity index (χ4v) is 2.37. The second kappa shape index (κ2) is 7.45. The molecule has 0 aliphatic carbocycles. The quantitative estimate of drug-likeness (QED) is 0.697. The van der Waals surface area contributed by atoms with Gasteiger partial charge in [0.25, 0.3) is 0 Å². The number of nitrogens with zero attached hydrogens (tertiary/aromatic N) is 2. The molecule has 0 bridgehead atoms. The highest BCUT2D eigenvalue weighted by atomic mass is 35.5. The minimum absolute atomic E-state index is 0.0224. The van der Waals surface area contributed by atoms with Gasteiger partial charge < -0.3 is 10.4 Å². The molecule has 0 aliphatic heterocycles. The van der Waals surface area contributed by atoms with Gasteiger partial charge in [0.1, 0.15) is 18.2 Å². The van der Waals surface area contributed by atoms with Crippen molar-refractivity contribution in [2.75, 3.05) is 11.9 Å². The molecule has 0 saturated carbocycles. The molecule has 8 heteroatoms. The molecule has 0 unspecified atom stereocenters. The fourth-order valence-electron chi connectivity index (χ4n) is 2.25. The number of carbonyl (C=O) groups is 1. The topological polar surface area (TPSA) is 75.1 Å². The van der Waals surface area contributed by atoms with Crippen LogP contribution in [0, 0.1) is 11.6 Å². The molecule has 2 N–H and O–H groups in total. The Morgan fingerprint density at radius 2 is 1.62 bits per heavy atom. The molecule has 0 radical (unpaired) electrons. The number of halogens is 3. The first kappa shape index (κ1) is 17.8. The number of nitrogens with one attached hydrogen (secondary N) is 1. The lowest BCUT2D eigenvalue weighted by molar-refractivity contribution is -0.134. The number of anilines is 1. The monoisotopic (exact) mass is 375 g/mol. The van der Waals surface area contributed by atoms with Crippen molar-refractivity contribution < 1.29 is 18.7 Å². The summed E-state index contributed by atoms with van der Waals surface area (Å²) < 4.78 is 26.9. The molecular formula is C18H12ClF2N3O2. The Balaban J connectivity index is 2.08. The van der Waals surface area contributed by atoms with E-state index in [9.17, 15) is 13.6 Å². The maximum absolute atomic E-state index is 13.8. The fraction of sp³-hybridized carbons (Fsp3) is 0.0556. The van der Waals surface area contributed by atoms with Gasteiger partial charge in [-0.15, -0.1) is 0 Å². The molecule has 0 amide bonds. The lowest BCUT2D eigenvalue weighted by Gasteiger charge is -2.10. The van der Waals surface area contributed by atoms with Gasteiger partial charge in [-0.25, -0.2) is 18.7 Å². The van der Waals surface area contributed by atoms with E-state index in [4.69, 9.17) is 16.7 Å². The van der Waals surface area contributed by atoms with Gasteiger partial charge in [-0.05, 0) is 42.5 Å². The van der Waals surface area contributed by atoms with Crippen molar-refractivity contribution >= 4 is 23.5 Å². The van der Waals surface area contributed by atoms with Crippen molar-refractivity contribution in [2.24, 2.45) is 0 Å². The summed E-state index contributed by atoms with van der Waals surface area (Å²) in [4.78, 5) is 19.2. The van der Waals surface area contributed by atoms with Gasteiger partial charge in [-0.1, -0.05) is 17.7 Å². The maximum atomic E-state index is 13.8. The lowest BCUT2D eigenvalue weighted by atomic mass is 10.1. The zero-order valence-electron chi connectivity index (χ0n) is 13.2. The molecule has 0 fully saturated rings. The summed E-state index contributed by atoms with van der Waals surface area (Å²) in [7, 11) is 0. The number of hydrogen-bond acceptors (Lipinski definition) is 4. The van der Waals surface area contributed by atoms with E-state index in [1.165, 1.54) is 36.4 Å². The van der Waals surface area contributed by atoms with Gasteiger partial charge in [0, 0.05) is 11.1 Å². The van der Waals surface area contributed by atoms with Gasteiger partial charge in [0.05, 0.1) is 16.4 Å². The third kappa shape index (κ3) is 4.12. The lowest BCUT2D eigenvalue weighted by Crippen LogP contribution is -2.14. The van der Waals surface area contributed by atoms with Crippen LogP contribution in [-0.2, 0) is 4.79 Å². The first-order valence-corrected chi connectivity index (χ1v) is 7.86. The van der Waals surface area contributed by atoms with Crippen molar-refractivity contribution in [3.63, 3.8) is 0 Å². The molecule has 26 heavy (non-hydrogen) atoms. The molecule has 1 heterocycles. The summed E-state index contributed by atoms with van der Waals surface area (Å²) in [5.41, 5.74) is 1.83. The molecule has 2 aromatic carbocycles. The Kier molecular flexibility index (Phi) is 5.09. The summed E-state index contributed by atoms with van der Waals surface area (Å²) in [6.45, 7) is -0.388. The summed E-state index contributed by atoms with van der Waals surface area (Å²) in [6, 6.07) is 11.4. The first-order chi connectivity index (χ1) is 12.4. The number of aromatic nitrogens is 2. The Bertz CT molecular complexity index is 965. The predicted molar refractivity (Wildman–Crippen MR) is 94.0 cm³/mol. The number of benzene rings is 2. The summed E-state index contributed by atoms with van der Waals surface area (Å²) in [6.07, 6.45) is 0. The minimum atomic E-state index is -1.08. The smallest absolute Gasteiger partial charge is 0.322 e. The van der Waals surface area contributed by atoms with E-state index in [0.29, 0.717) is 22.5 Å². The highest BCUT2D eigenvalue weighted by Gasteiger charge is 2.11. The minimum Gasteiger partial charge on any atom is -0.480 e. The third-order valence-corrected chi connectivity index (χ3v) is 3.79. The van der Waals surface area contributed by atoms with Gasteiger partial charge in [0.2, 0.25) is 5.95 Å². The molecule has 3 rings (SSSR count). The standard InChI is InChI=1S/C18H12ClF2N3O2/c19-13-6-3-11(7-14(13)21)16-8-15(10-1-4-12(20)5-2-10)23-18(24-16)22-9-17(25)26/h1-8H,9H2,(H,25,26)(H,22,23,24). The van der Waals surface area contributed by atoms with Crippen LogP contribution in [0.1, 0.15) is 0 Å². The van der Waals surface area contributed by atoms with Crippen LogP contribution in [0.4, 0.5) is 14.7 Å². The molecule has 0 aliphatic rings. The normalized spacial score (nSPS) is 10.6. The van der Waals surface area contributed by atoms with Crippen molar-refractivity contribution in [3.8, 4) is 22.5 Å². The second-order valence-corrected chi connectivity index (χ2v) is 5.75. The van der Waals surface area contributed by atoms with Crippen LogP contribution in [0.15, 0.2) is 48.5 Å². The van der Waals surface area contributed by atoms with Crippen LogP contribution < -0.4 is 5.32 Å². The zero-order chi connectivity index (χ0) is 18.7. The van der Waals surface area contributed by atoms with E-state index in [1.807, 2.05) is 0 Å². The second-order valence-electron chi connectivity index (χ2n) is 5.35. The average Bonchev–Trinajstić information content (AvgIpc) is 2.62. The van der Waals surface area contributed by atoms with Crippen LogP contribution >= 0.6 is 11.6 Å². The summed E-state index contributed by atoms with van der Waals surface area (Å²) >= 11 is 5.71. The largest absolute Gasteiger partial charge is 0.480 e. The van der Waals surface area contributed by atoms with E-state index < -0.39 is 17.6 Å². The zero-order valence-corrected chi connectivity index (χ0v) is 14.0. The summed E-state index contributed by atoms with van der Waals surface area (Å²) in [5.74, 6) is -2.03. The first-order valence-electron chi connectivity index (χ1n) is 7.48. The molecule has 3 aromatic rings. The molecule has 132 valence electrons. The molecular weight excluding hydrogens is 364 g/mol. The van der Waals surface area contributed by atoms with Crippen LogP contribution in [0.5, 0.6) is 0 Å². The van der Waals surface area contributed by atoms with Crippen molar-refractivity contribution in [2.45, 2.75) is 0 Å². The average molecular weight is 376 g/mol. The Hall–Kier alpha value is -3.06. The molecule has 0 saturated heterocycles. The predicted octanol–water partition coefficient (Wildman–Crippen LogP) is 4.24.